The van der Waals surface area contributed by atoms with Gasteiger partial charge in [-0.2, -0.15) is 0 Å². The number of anilines is 2. The highest BCUT2D eigenvalue weighted by Crippen LogP contribution is 2.26. The molecule has 146 valence electrons. The Morgan fingerprint density at radius 2 is 1.92 bits per heavy atom. The molecular formula is C19H31F2N5. The standard InChI is InChI=1S/C19H31F2N5/c1-13(2)19-23-17(22-7-6-14-5-4-8-25(3)10-14)9-18(24-19)26-11-15(20)16(21)12-26/h9,13-16H,4-8,10-12H2,1-3H3,(H,22,23,24)/t14?,15-,16-/m1/s1. The van der Waals surface area contributed by atoms with Crippen molar-refractivity contribution in [2.24, 2.45) is 5.92 Å². The zero-order chi connectivity index (χ0) is 18.7. The molecule has 2 aliphatic rings. The van der Waals surface area contributed by atoms with Crippen LogP contribution in [0.2, 0.25) is 0 Å². The van der Waals surface area contributed by atoms with E-state index in [0.717, 1.165) is 25.3 Å². The van der Waals surface area contributed by atoms with E-state index in [0.29, 0.717) is 17.6 Å². The number of likely N-dealkylation sites (tertiary alicyclic amines) is 1. The first-order chi connectivity index (χ1) is 12.4. The summed E-state index contributed by atoms with van der Waals surface area (Å²) in [6.45, 7) is 7.37. The second kappa shape index (κ2) is 8.46. The first kappa shape index (κ1) is 19.3. The first-order valence-electron chi connectivity index (χ1n) is 9.77. The Kier molecular flexibility index (Phi) is 6.27. The Morgan fingerprint density at radius 1 is 1.19 bits per heavy atom. The highest BCUT2D eigenvalue weighted by atomic mass is 19.2. The molecule has 2 aliphatic heterocycles. The van der Waals surface area contributed by atoms with E-state index in [1.807, 2.05) is 19.9 Å². The van der Waals surface area contributed by atoms with E-state index in [1.54, 1.807) is 4.90 Å². The molecule has 1 unspecified atom stereocenters. The van der Waals surface area contributed by atoms with Gasteiger partial charge in [-0.05, 0) is 38.8 Å². The average Bonchev–Trinajstić information content (AvgIpc) is 2.94. The molecule has 2 fully saturated rings. The van der Waals surface area contributed by atoms with Gasteiger partial charge in [0.2, 0.25) is 0 Å². The van der Waals surface area contributed by atoms with Crippen molar-refractivity contribution in [3.05, 3.63) is 11.9 Å². The number of piperidine rings is 1. The summed E-state index contributed by atoms with van der Waals surface area (Å²) in [5.41, 5.74) is 0. The van der Waals surface area contributed by atoms with Crippen LogP contribution in [0.4, 0.5) is 20.4 Å². The Bertz CT molecular complexity index is 587. The first-order valence-corrected chi connectivity index (χ1v) is 9.77. The lowest BCUT2D eigenvalue weighted by molar-refractivity contribution is 0.205. The van der Waals surface area contributed by atoms with Crippen molar-refractivity contribution in [2.75, 3.05) is 50.0 Å². The quantitative estimate of drug-likeness (QED) is 0.836. The van der Waals surface area contributed by atoms with Gasteiger partial charge in [0.1, 0.15) is 17.5 Å². The Balaban J connectivity index is 1.64. The van der Waals surface area contributed by atoms with Gasteiger partial charge in [-0.15, -0.1) is 0 Å². The zero-order valence-corrected chi connectivity index (χ0v) is 16.1. The Morgan fingerprint density at radius 3 is 2.58 bits per heavy atom. The molecule has 0 saturated carbocycles. The highest BCUT2D eigenvalue weighted by molar-refractivity contribution is 5.51. The molecule has 3 heterocycles. The van der Waals surface area contributed by atoms with Crippen molar-refractivity contribution in [1.29, 1.82) is 0 Å². The van der Waals surface area contributed by atoms with Crippen molar-refractivity contribution in [1.82, 2.24) is 14.9 Å². The highest BCUT2D eigenvalue weighted by Gasteiger charge is 2.34. The maximum absolute atomic E-state index is 13.6. The molecule has 1 aromatic heterocycles. The summed E-state index contributed by atoms with van der Waals surface area (Å²) in [5, 5.41) is 3.40. The van der Waals surface area contributed by atoms with Crippen molar-refractivity contribution in [3.8, 4) is 0 Å². The maximum atomic E-state index is 13.6. The van der Waals surface area contributed by atoms with Crippen LogP contribution in [0.25, 0.3) is 0 Å². The fourth-order valence-electron chi connectivity index (χ4n) is 3.79. The minimum Gasteiger partial charge on any atom is -0.370 e. The van der Waals surface area contributed by atoms with E-state index in [9.17, 15) is 8.78 Å². The summed E-state index contributed by atoms with van der Waals surface area (Å²) in [5.74, 6) is 2.95. The number of halogens is 2. The molecule has 7 heteroatoms. The summed E-state index contributed by atoms with van der Waals surface area (Å²) in [4.78, 5) is 13.2. The third-order valence-electron chi connectivity index (χ3n) is 5.33. The lowest BCUT2D eigenvalue weighted by Crippen LogP contribution is -2.32. The van der Waals surface area contributed by atoms with Gasteiger partial charge < -0.3 is 15.1 Å². The third kappa shape index (κ3) is 4.81. The molecule has 2 saturated heterocycles. The van der Waals surface area contributed by atoms with Gasteiger partial charge in [-0.25, -0.2) is 18.7 Å². The molecule has 3 rings (SSSR count). The second-order valence-corrected chi connectivity index (χ2v) is 8.05. The van der Waals surface area contributed by atoms with E-state index in [1.165, 1.54) is 19.4 Å². The van der Waals surface area contributed by atoms with Crippen LogP contribution in [0.15, 0.2) is 6.07 Å². The minimum absolute atomic E-state index is 0.0591. The average molecular weight is 367 g/mol. The van der Waals surface area contributed by atoms with Crippen LogP contribution in [-0.2, 0) is 0 Å². The number of aromatic nitrogens is 2. The van der Waals surface area contributed by atoms with E-state index >= 15 is 0 Å². The lowest BCUT2D eigenvalue weighted by atomic mass is 9.95. The van der Waals surface area contributed by atoms with Gasteiger partial charge in [0.15, 0.2) is 12.3 Å². The molecule has 1 aromatic rings. The molecule has 5 nitrogen and oxygen atoms in total. The number of nitrogens with zero attached hydrogens (tertiary/aromatic N) is 4. The van der Waals surface area contributed by atoms with E-state index in [2.05, 4.69) is 27.2 Å². The fraction of sp³-hybridized carbons (Fsp3) is 0.789. The van der Waals surface area contributed by atoms with Crippen molar-refractivity contribution < 1.29 is 8.78 Å². The molecule has 3 atom stereocenters. The topological polar surface area (TPSA) is 44.3 Å². The Hall–Kier alpha value is -1.50. The van der Waals surface area contributed by atoms with Crippen molar-refractivity contribution in [2.45, 2.75) is 51.4 Å². The molecule has 0 amide bonds. The summed E-state index contributed by atoms with van der Waals surface area (Å²) in [6.07, 6.45) is 0.769. The molecular weight excluding hydrogens is 336 g/mol. The SMILES string of the molecule is CC(C)c1nc(NCCC2CCCN(C)C2)cc(N2C[C@@H](F)[C@H](F)C2)n1. The van der Waals surface area contributed by atoms with E-state index in [-0.39, 0.29) is 19.0 Å². The van der Waals surface area contributed by atoms with Crippen LogP contribution in [0, 0.1) is 5.92 Å². The van der Waals surface area contributed by atoms with Crippen LogP contribution in [0.1, 0.15) is 44.9 Å². The second-order valence-electron chi connectivity index (χ2n) is 8.05. The van der Waals surface area contributed by atoms with Crippen LogP contribution in [0.5, 0.6) is 0 Å². The maximum Gasteiger partial charge on any atom is 0.150 e. The number of hydrogen-bond acceptors (Lipinski definition) is 5. The van der Waals surface area contributed by atoms with Crippen LogP contribution >= 0.6 is 0 Å². The van der Waals surface area contributed by atoms with E-state index in [4.69, 9.17) is 0 Å². The van der Waals surface area contributed by atoms with Gasteiger partial charge in [0.05, 0.1) is 13.1 Å². The molecule has 0 aliphatic carbocycles. The predicted molar refractivity (Wildman–Crippen MR) is 101 cm³/mol. The molecule has 0 aromatic carbocycles. The summed E-state index contributed by atoms with van der Waals surface area (Å²) in [7, 11) is 2.18. The van der Waals surface area contributed by atoms with Crippen LogP contribution in [0.3, 0.4) is 0 Å². The lowest BCUT2D eigenvalue weighted by Gasteiger charge is -2.29. The van der Waals surface area contributed by atoms with Crippen molar-refractivity contribution >= 4 is 11.6 Å². The minimum atomic E-state index is -1.44. The zero-order valence-electron chi connectivity index (χ0n) is 16.1. The third-order valence-corrected chi connectivity index (χ3v) is 5.33. The van der Waals surface area contributed by atoms with E-state index < -0.39 is 12.3 Å². The molecule has 26 heavy (non-hydrogen) atoms. The normalized spacial score (nSPS) is 27.3. The number of nitrogens with one attached hydrogen (secondary N) is 1. The van der Waals surface area contributed by atoms with Gasteiger partial charge in [0.25, 0.3) is 0 Å². The van der Waals surface area contributed by atoms with Crippen LogP contribution < -0.4 is 10.2 Å². The summed E-state index contributed by atoms with van der Waals surface area (Å²) >= 11 is 0. The fourth-order valence-corrected chi connectivity index (χ4v) is 3.79. The van der Waals surface area contributed by atoms with Crippen molar-refractivity contribution in [3.63, 3.8) is 0 Å². The molecule has 1 N–H and O–H groups in total. The summed E-state index contributed by atoms with van der Waals surface area (Å²) < 4.78 is 27.1. The predicted octanol–water partition coefficient (Wildman–Crippen LogP) is 3.24. The largest absolute Gasteiger partial charge is 0.370 e. The summed E-state index contributed by atoms with van der Waals surface area (Å²) in [6, 6.07) is 1.82. The van der Waals surface area contributed by atoms with Gasteiger partial charge in [-0.1, -0.05) is 13.8 Å². The number of alkyl halides is 2. The van der Waals surface area contributed by atoms with Gasteiger partial charge in [-0.3, -0.25) is 0 Å². The smallest absolute Gasteiger partial charge is 0.150 e. The van der Waals surface area contributed by atoms with Gasteiger partial charge >= 0.3 is 0 Å². The molecule has 0 bridgehead atoms. The number of hydrogen-bond donors (Lipinski definition) is 1. The number of rotatable bonds is 6. The van der Waals surface area contributed by atoms with Crippen LogP contribution in [-0.4, -0.2) is 67.0 Å². The monoisotopic (exact) mass is 367 g/mol. The Labute approximate surface area is 155 Å². The molecule has 0 radical (unpaired) electrons. The van der Waals surface area contributed by atoms with Gasteiger partial charge in [0, 0.05) is 25.1 Å². The molecule has 0 spiro atoms.